The van der Waals surface area contributed by atoms with Crippen LogP contribution < -0.4 is 5.32 Å². The van der Waals surface area contributed by atoms with Gasteiger partial charge in [0, 0.05) is 42.3 Å². The zero-order valence-corrected chi connectivity index (χ0v) is 24.1. The van der Waals surface area contributed by atoms with E-state index in [2.05, 4.69) is 52.6 Å². The van der Waals surface area contributed by atoms with Gasteiger partial charge in [-0.2, -0.15) is 5.10 Å². The van der Waals surface area contributed by atoms with E-state index in [9.17, 15) is 9.59 Å². The molecule has 2 aromatic rings. The summed E-state index contributed by atoms with van der Waals surface area (Å²) < 4.78 is 12.2. The molecule has 4 rings (SSSR count). The first-order valence-electron chi connectivity index (χ1n) is 14.2. The molecule has 0 unspecified atom stereocenters. The zero-order chi connectivity index (χ0) is 28.0. The number of benzene rings is 1. The molecule has 39 heavy (non-hydrogen) atoms. The summed E-state index contributed by atoms with van der Waals surface area (Å²) in [6, 6.07) is 11.2. The lowest BCUT2D eigenvalue weighted by atomic mass is 9.89. The molecule has 1 N–H and O–H groups in total. The third-order valence-corrected chi connectivity index (χ3v) is 7.64. The van der Waals surface area contributed by atoms with Crippen molar-refractivity contribution < 1.29 is 19.1 Å². The molecule has 1 heterocycles. The van der Waals surface area contributed by atoms with Crippen molar-refractivity contribution in [3.05, 3.63) is 59.4 Å². The molecule has 1 aromatic carbocycles. The molecule has 0 spiro atoms. The number of rotatable bonds is 10. The molecule has 2 fully saturated rings. The molecular formula is C31H44N4O4. The fourth-order valence-corrected chi connectivity index (χ4v) is 5.59. The van der Waals surface area contributed by atoms with Gasteiger partial charge in [0.2, 0.25) is 0 Å². The van der Waals surface area contributed by atoms with Crippen molar-refractivity contribution in [3.8, 4) is 0 Å². The van der Waals surface area contributed by atoms with Crippen LogP contribution in [-0.2, 0) is 27.4 Å². The Balaban J connectivity index is 1.36. The average molecular weight is 537 g/mol. The standard InChI is InChI=1S/C31H44N4O4/c1-6-24(16-22-10-8-7-9-11-22)27-17-28(27)35(30(37)39-31(2,3)4)26-14-12-25(13-15-26)32-18-23-19-33-34(20-23)21-29(36)38-5/h7-11,16,19-20,25-28,32H,6,12-15,17-18,21H2,1-5H3/b24-16+/t25?,26?,27-,28+/m0/s1. The van der Waals surface area contributed by atoms with Crippen molar-refractivity contribution in [1.82, 2.24) is 20.0 Å². The molecule has 2 aliphatic rings. The van der Waals surface area contributed by atoms with Crippen LogP contribution in [0.3, 0.4) is 0 Å². The van der Waals surface area contributed by atoms with Gasteiger partial charge < -0.3 is 19.7 Å². The number of nitrogens with zero attached hydrogens (tertiary/aromatic N) is 3. The first kappa shape index (κ1) is 28.9. The van der Waals surface area contributed by atoms with E-state index in [1.165, 1.54) is 18.2 Å². The summed E-state index contributed by atoms with van der Waals surface area (Å²) in [4.78, 5) is 27.0. The topological polar surface area (TPSA) is 85.7 Å². The predicted molar refractivity (Wildman–Crippen MR) is 152 cm³/mol. The number of methoxy groups -OCH3 is 1. The SMILES string of the molecule is CC/C(=C\c1ccccc1)[C@@H]1C[C@H]1N(C(=O)OC(C)(C)C)C1CCC(NCc2cnn(CC(=O)OC)c2)CC1. The van der Waals surface area contributed by atoms with Crippen LogP contribution in [0.2, 0.25) is 0 Å². The summed E-state index contributed by atoms with van der Waals surface area (Å²) in [5.74, 6) is 0.0742. The maximum Gasteiger partial charge on any atom is 0.410 e. The maximum atomic E-state index is 13.5. The van der Waals surface area contributed by atoms with Crippen molar-refractivity contribution in [2.75, 3.05) is 7.11 Å². The maximum absolute atomic E-state index is 13.5. The minimum atomic E-state index is -0.524. The molecule has 2 saturated carbocycles. The fraction of sp³-hybridized carbons (Fsp3) is 0.581. The molecule has 1 amide bonds. The molecule has 2 aliphatic carbocycles. The number of hydrogen-bond acceptors (Lipinski definition) is 6. The highest BCUT2D eigenvalue weighted by atomic mass is 16.6. The van der Waals surface area contributed by atoms with Crippen molar-refractivity contribution >= 4 is 18.1 Å². The van der Waals surface area contributed by atoms with Crippen molar-refractivity contribution in [2.45, 2.75) is 103 Å². The molecule has 8 heteroatoms. The first-order chi connectivity index (χ1) is 18.7. The first-order valence-corrected chi connectivity index (χ1v) is 14.2. The van der Waals surface area contributed by atoms with Crippen LogP contribution in [-0.4, -0.2) is 57.6 Å². The molecule has 212 valence electrons. The summed E-state index contributed by atoms with van der Waals surface area (Å²) in [7, 11) is 1.38. The average Bonchev–Trinajstić information content (AvgIpc) is 3.55. The number of amides is 1. The van der Waals surface area contributed by atoms with Crippen molar-refractivity contribution in [1.29, 1.82) is 0 Å². The zero-order valence-electron chi connectivity index (χ0n) is 24.1. The Morgan fingerprint density at radius 3 is 2.51 bits per heavy atom. The number of ether oxygens (including phenoxy) is 2. The Hall–Kier alpha value is -3.13. The Bertz CT molecular complexity index is 1130. The molecule has 8 nitrogen and oxygen atoms in total. The molecular weight excluding hydrogens is 492 g/mol. The molecule has 1 aromatic heterocycles. The second-order valence-electron chi connectivity index (χ2n) is 11.8. The number of esters is 1. The minimum absolute atomic E-state index is 0.116. The lowest BCUT2D eigenvalue weighted by Gasteiger charge is -2.38. The van der Waals surface area contributed by atoms with Gasteiger partial charge in [0.05, 0.1) is 13.3 Å². The van der Waals surface area contributed by atoms with Crippen LogP contribution >= 0.6 is 0 Å². The van der Waals surface area contributed by atoms with E-state index >= 15 is 0 Å². The monoisotopic (exact) mass is 536 g/mol. The highest BCUT2D eigenvalue weighted by molar-refractivity contribution is 5.70. The summed E-state index contributed by atoms with van der Waals surface area (Å²) in [6.45, 7) is 8.83. The number of hydrogen-bond donors (Lipinski definition) is 1. The van der Waals surface area contributed by atoms with Gasteiger partial charge in [-0.05, 0) is 64.9 Å². The van der Waals surface area contributed by atoms with Crippen LogP contribution in [0.25, 0.3) is 6.08 Å². The van der Waals surface area contributed by atoms with Gasteiger partial charge in [-0.25, -0.2) is 4.79 Å². The molecule has 0 saturated heterocycles. The number of nitrogens with one attached hydrogen (secondary N) is 1. The summed E-state index contributed by atoms with van der Waals surface area (Å²) in [5.41, 5.74) is 3.13. The second-order valence-corrected chi connectivity index (χ2v) is 11.8. The van der Waals surface area contributed by atoms with Crippen molar-refractivity contribution in [2.24, 2.45) is 5.92 Å². The summed E-state index contributed by atoms with van der Waals surface area (Å²) in [5, 5.41) is 7.89. The molecule has 2 atom stereocenters. The van der Waals surface area contributed by atoms with Gasteiger partial charge in [-0.15, -0.1) is 0 Å². The smallest absolute Gasteiger partial charge is 0.410 e. The third kappa shape index (κ3) is 8.18. The van der Waals surface area contributed by atoms with E-state index in [0.717, 1.165) is 44.1 Å². The largest absolute Gasteiger partial charge is 0.468 e. The van der Waals surface area contributed by atoms with Crippen LogP contribution in [0.5, 0.6) is 0 Å². The van der Waals surface area contributed by atoms with Crippen LogP contribution in [0.1, 0.15) is 77.3 Å². The van der Waals surface area contributed by atoms with Crippen LogP contribution in [0, 0.1) is 5.92 Å². The Morgan fingerprint density at radius 1 is 1.15 bits per heavy atom. The lowest BCUT2D eigenvalue weighted by Crippen LogP contribution is -2.48. The van der Waals surface area contributed by atoms with Gasteiger partial charge in [-0.3, -0.25) is 9.48 Å². The molecule has 0 bridgehead atoms. The van der Waals surface area contributed by atoms with E-state index in [1.807, 2.05) is 33.0 Å². The van der Waals surface area contributed by atoms with E-state index in [4.69, 9.17) is 9.47 Å². The van der Waals surface area contributed by atoms with E-state index in [0.29, 0.717) is 18.5 Å². The van der Waals surface area contributed by atoms with E-state index in [-0.39, 0.29) is 30.7 Å². The Labute approximate surface area is 232 Å². The van der Waals surface area contributed by atoms with E-state index < -0.39 is 5.60 Å². The fourth-order valence-electron chi connectivity index (χ4n) is 5.59. The van der Waals surface area contributed by atoms with Gasteiger partial charge in [0.15, 0.2) is 0 Å². The highest BCUT2D eigenvalue weighted by Crippen LogP contribution is 2.46. The second kappa shape index (κ2) is 12.8. The molecule has 0 radical (unpaired) electrons. The van der Waals surface area contributed by atoms with Gasteiger partial charge in [0.25, 0.3) is 0 Å². The quantitative estimate of drug-likeness (QED) is 0.399. The normalized spacial score (nSPS) is 23.3. The lowest BCUT2D eigenvalue weighted by molar-refractivity contribution is -0.141. The minimum Gasteiger partial charge on any atom is -0.468 e. The Morgan fingerprint density at radius 2 is 1.87 bits per heavy atom. The number of carbonyl (C=O) groups is 2. The van der Waals surface area contributed by atoms with Gasteiger partial charge in [0.1, 0.15) is 12.1 Å². The van der Waals surface area contributed by atoms with Crippen LogP contribution in [0.4, 0.5) is 4.79 Å². The number of aromatic nitrogens is 2. The third-order valence-electron chi connectivity index (χ3n) is 7.64. The van der Waals surface area contributed by atoms with Gasteiger partial charge >= 0.3 is 12.1 Å². The molecule has 0 aliphatic heterocycles. The van der Waals surface area contributed by atoms with Crippen LogP contribution in [0.15, 0.2) is 48.3 Å². The highest BCUT2D eigenvalue weighted by Gasteiger charge is 2.49. The predicted octanol–water partition coefficient (Wildman–Crippen LogP) is 5.58. The number of carbonyl (C=O) groups excluding carboxylic acids is 2. The van der Waals surface area contributed by atoms with E-state index in [1.54, 1.807) is 10.9 Å². The van der Waals surface area contributed by atoms with Gasteiger partial charge in [-0.1, -0.05) is 48.9 Å². The summed E-state index contributed by atoms with van der Waals surface area (Å²) >= 11 is 0. The summed E-state index contributed by atoms with van der Waals surface area (Å²) in [6.07, 6.45) is 11.7. The van der Waals surface area contributed by atoms with Crippen molar-refractivity contribution in [3.63, 3.8) is 0 Å². The Kier molecular flexibility index (Phi) is 9.49.